The Morgan fingerprint density at radius 3 is 2.42 bits per heavy atom. The molecule has 26 heavy (non-hydrogen) atoms. The van der Waals surface area contributed by atoms with Gasteiger partial charge in [-0.1, -0.05) is 25.0 Å². The molecule has 3 fully saturated rings. The zero-order valence-corrected chi connectivity index (χ0v) is 16.9. The number of hydrogen-bond donors (Lipinski definition) is 0. The Kier molecular flexibility index (Phi) is 5.65. The van der Waals surface area contributed by atoms with E-state index in [0.717, 1.165) is 18.3 Å². The van der Waals surface area contributed by atoms with Gasteiger partial charge in [-0.2, -0.15) is 0 Å². The van der Waals surface area contributed by atoms with Gasteiger partial charge in [-0.05, 0) is 70.4 Å². The number of rotatable bonds is 6. The molecular formula is C21H37N5. The van der Waals surface area contributed by atoms with Crippen LogP contribution in [0, 0.1) is 5.41 Å². The average Bonchev–Trinajstić information content (AvgIpc) is 3.27. The molecule has 5 heteroatoms. The summed E-state index contributed by atoms with van der Waals surface area (Å²) in [5.41, 5.74) is 1.81. The lowest BCUT2D eigenvalue weighted by Crippen LogP contribution is -2.41. The van der Waals surface area contributed by atoms with Gasteiger partial charge in [0.15, 0.2) is 0 Å². The van der Waals surface area contributed by atoms with E-state index in [1.54, 1.807) is 0 Å². The van der Waals surface area contributed by atoms with E-state index in [1.165, 1.54) is 84.0 Å². The van der Waals surface area contributed by atoms with E-state index in [0.29, 0.717) is 11.5 Å². The van der Waals surface area contributed by atoms with Crippen molar-refractivity contribution in [2.45, 2.75) is 90.3 Å². The molecule has 146 valence electrons. The second kappa shape index (κ2) is 7.97. The third-order valence-corrected chi connectivity index (χ3v) is 7.03. The molecular weight excluding hydrogens is 322 g/mol. The van der Waals surface area contributed by atoms with Gasteiger partial charge in [0.2, 0.25) is 0 Å². The Morgan fingerprint density at radius 2 is 1.77 bits per heavy atom. The van der Waals surface area contributed by atoms with E-state index < -0.39 is 0 Å². The molecule has 3 aliphatic rings. The summed E-state index contributed by atoms with van der Waals surface area (Å²) in [5, 5.41) is 8.97. The van der Waals surface area contributed by atoms with Crippen LogP contribution in [0.15, 0.2) is 6.20 Å². The molecule has 5 nitrogen and oxygen atoms in total. The fraction of sp³-hybridized carbons (Fsp3) is 0.905. The Hall–Kier alpha value is -0.940. The number of likely N-dealkylation sites (tertiary alicyclic amines) is 2. The van der Waals surface area contributed by atoms with E-state index in [-0.39, 0.29) is 0 Å². The molecule has 0 spiro atoms. The molecule has 0 aromatic carbocycles. The van der Waals surface area contributed by atoms with Crippen molar-refractivity contribution in [1.82, 2.24) is 24.8 Å². The summed E-state index contributed by atoms with van der Waals surface area (Å²) in [6.07, 6.45) is 14.4. The minimum Gasteiger partial charge on any atom is -0.300 e. The van der Waals surface area contributed by atoms with Gasteiger partial charge in [0.25, 0.3) is 0 Å². The summed E-state index contributed by atoms with van der Waals surface area (Å²) < 4.78 is 2.16. The second-order valence-corrected chi connectivity index (χ2v) is 9.51. The molecule has 0 unspecified atom stereocenters. The van der Waals surface area contributed by atoms with Crippen LogP contribution in [-0.4, -0.2) is 57.0 Å². The normalized spacial score (nSPS) is 26.5. The van der Waals surface area contributed by atoms with Crippen molar-refractivity contribution in [1.29, 1.82) is 0 Å². The minimum absolute atomic E-state index is 0.542. The lowest BCUT2D eigenvalue weighted by molar-refractivity contribution is 0.121. The van der Waals surface area contributed by atoms with Gasteiger partial charge >= 0.3 is 0 Å². The standard InChI is InChI=1S/C21H37N5/c1-18(15-21(2)9-10-21)25-13-7-20(8-14-25)26-17-19(22-23-26)16-24-11-5-3-4-6-12-24/h17-18,20H,3-16H2,1-2H3/t18-/m1/s1. The van der Waals surface area contributed by atoms with E-state index >= 15 is 0 Å². The largest absolute Gasteiger partial charge is 0.300 e. The minimum atomic E-state index is 0.542. The van der Waals surface area contributed by atoms with Gasteiger partial charge in [-0.15, -0.1) is 5.10 Å². The van der Waals surface area contributed by atoms with Crippen molar-refractivity contribution in [2.24, 2.45) is 5.41 Å². The fourth-order valence-electron chi connectivity index (χ4n) is 4.94. The second-order valence-electron chi connectivity index (χ2n) is 9.51. The Labute approximate surface area is 159 Å². The molecule has 3 heterocycles. The Morgan fingerprint density at radius 1 is 1.08 bits per heavy atom. The molecule has 1 atom stereocenters. The topological polar surface area (TPSA) is 37.2 Å². The predicted octanol–water partition coefficient (Wildman–Crippen LogP) is 3.87. The molecule has 0 radical (unpaired) electrons. The quantitative estimate of drug-likeness (QED) is 0.773. The summed E-state index contributed by atoms with van der Waals surface area (Å²) in [6, 6.07) is 1.28. The first-order chi connectivity index (χ1) is 12.6. The molecule has 1 aromatic rings. The lowest BCUT2D eigenvalue weighted by atomic mass is 9.96. The van der Waals surface area contributed by atoms with Crippen molar-refractivity contribution in [3.63, 3.8) is 0 Å². The van der Waals surface area contributed by atoms with Gasteiger partial charge in [-0.3, -0.25) is 4.90 Å². The number of hydrogen-bond acceptors (Lipinski definition) is 4. The SMILES string of the molecule is C[C@H](CC1(C)CC1)N1CCC(n2cc(CN3CCCCCC3)nn2)CC1. The van der Waals surface area contributed by atoms with Crippen LogP contribution in [0.2, 0.25) is 0 Å². The first-order valence-corrected chi connectivity index (χ1v) is 11.0. The molecule has 2 saturated heterocycles. The molecule has 1 aliphatic carbocycles. The van der Waals surface area contributed by atoms with Crippen LogP contribution in [0.3, 0.4) is 0 Å². The van der Waals surface area contributed by atoms with Crippen LogP contribution in [0.25, 0.3) is 0 Å². The first kappa shape index (κ1) is 18.4. The zero-order chi connectivity index (χ0) is 18.0. The maximum Gasteiger partial charge on any atom is 0.0967 e. The van der Waals surface area contributed by atoms with E-state index in [9.17, 15) is 0 Å². The predicted molar refractivity (Wildman–Crippen MR) is 105 cm³/mol. The monoisotopic (exact) mass is 359 g/mol. The van der Waals surface area contributed by atoms with Crippen LogP contribution in [0.1, 0.15) is 83.4 Å². The molecule has 0 N–H and O–H groups in total. The van der Waals surface area contributed by atoms with E-state index in [1.807, 2.05) is 0 Å². The van der Waals surface area contributed by atoms with Gasteiger partial charge in [0.1, 0.15) is 0 Å². The molecule has 1 saturated carbocycles. The maximum atomic E-state index is 4.49. The van der Waals surface area contributed by atoms with Crippen molar-refractivity contribution >= 4 is 0 Å². The molecule has 0 amide bonds. The number of nitrogens with zero attached hydrogens (tertiary/aromatic N) is 5. The Bertz CT molecular complexity index is 563. The van der Waals surface area contributed by atoms with Crippen molar-refractivity contribution in [3.8, 4) is 0 Å². The summed E-state index contributed by atoms with van der Waals surface area (Å²) in [6.45, 7) is 10.7. The maximum absolute atomic E-state index is 4.49. The summed E-state index contributed by atoms with van der Waals surface area (Å²) in [4.78, 5) is 5.26. The van der Waals surface area contributed by atoms with E-state index in [4.69, 9.17) is 0 Å². The number of piperidine rings is 1. The van der Waals surface area contributed by atoms with Gasteiger partial charge < -0.3 is 4.90 Å². The molecule has 2 aliphatic heterocycles. The highest BCUT2D eigenvalue weighted by molar-refractivity contribution is 4.96. The van der Waals surface area contributed by atoms with Crippen molar-refractivity contribution in [3.05, 3.63) is 11.9 Å². The first-order valence-electron chi connectivity index (χ1n) is 11.0. The molecule has 0 bridgehead atoms. The summed E-state index contributed by atoms with van der Waals surface area (Å²) >= 11 is 0. The number of aromatic nitrogens is 3. The third kappa shape index (κ3) is 4.66. The van der Waals surface area contributed by atoms with Crippen molar-refractivity contribution < 1.29 is 0 Å². The Balaban J connectivity index is 1.26. The van der Waals surface area contributed by atoms with Crippen LogP contribution < -0.4 is 0 Å². The summed E-state index contributed by atoms with van der Waals surface area (Å²) in [7, 11) is 0. The highest BCUT2D eigenvalue weighted by atomic mass is 15.4. The highest BCUT2D eigenvalue weighted by Gasteiger charge is 2.39. The van der Waals surface area contributed by atoms with Crippen LogP contribution in [-0.2, 0) is 6.54 Å². The van der Waals surface area contributed by atoms with Gasteiger partial charge in [0, 0.05) is 25.7 Å². The van der Waals surface area contributed by atoms with Crippen LogP contribution in [0.5, 0.6) is 0 Å². The summed E-state index contributed by atoms with van der Waals surface area (Å²) in [5.74, 6) is 0. The van der Waals surface area contributed by atoms with Crippen LogP contribution in [0.4, 0.5) is 0 Å². The smallest absolute Gasteiger partial charge is 0.0967 e. The van der Waals surface area contributed by atoms with E-state index in [2.05, 4.69) is 44.8 Å². The van der Waals surface area contributed by atoms with Crippen LogP contribution >= 0.6 is 0 Å². The van der Waals surface area contributed by atoms with Gasteiger partial charge in [-0.25, -0.2) is 4.68 Å². The fourth-order valence-corrected chi connectivity index (χ4v) is 4.94. The lowest BCUT2D eigenvalue weighted by Gasteiger charge is -2.37. The molecule has 4 rings (SSSR count). The highest BCUT2D eigenvalue weighted by Crippen LogP contribution is 2.49. The average molecular weight is 360 g/mol. The zero-order valence-electron chi connectivity index (χ0n) is 16.9. The van der Waals surface area contributed by atoms with Gasteiger partial charge in [0.05, 0.1) is 17.9 Å². The third-order valence-electron chi connectivity index (χ3n) is 7.03. The van der Waals surface area contributed by atoms with Crippen molar-refractivity contribution in [2.75, 3.05) is 26.2 Å². The molecule has 1 aromatic heterocycles.